The Hall–Kier alpha value is -1.47. The monoisotopic (exact) mass is 160 g/mol. The molecule has 0 atom stereocenters. The first-order valence-corrected chi connectivity index (χ1v) is 3.70. The molecule has 0 saturated heterocycles. The lowest BCUT2D eigenvalue weighted by Gasteiger charge is -2.17. The van der Waals surface area contributed by atoms with E-state index in [2.05, 4.69) is 16.1 Å². The van der Waals surface area contributed by atoms with Gasteiger partial charge in [-0.3, -0.25) is 0 Å². The Kier molecular flexibility index (Phi) is 2.36. The summed E-state index contributed by atoms with van der Waals surface area (Å²) in [6.45, 7) is 3.72. The molecule has 61 valence electrons. The predicted octanol–water partition coefficient (Wildman–Crippen LogP) is 3.03. The van der Waals surface area contributed by atoms with Crippen molar-refractivity contribution >= 4 is 0 Å². The molecular weight excluding hydrogens is 150 g/mol. The molecule has 0 aromatic heterocycles. The van der Waals surface area contributed by atoms with Crippen LogP contribution >= 0.6 is 0 Å². The van der Waals surface area contributed by atoms with E-state index in [0.29, 0.717) is 0 Å². The van der Waals surface area contributed by atoms with Gasteiger partial charge in [-0.15, -0.1) is 0 Å². The van der Waals surface area contributed by atoms with E-state index in [1.807, 2.05) is 38.1 Å². The number of hydrogen-bond acceptors (Lipinski definition) is 1. The molecule has 3 nitrogen and oxygen atoms in total. The Balaban J connectivity index is 3.05. The summed E-state index contributed by atoms with van der Waals surface area (Å²) in [4.78, 5) is 2.79. The van der Waals surface area contributed by atoms with Crippen molar-refractivity contribution in [3.8, 4) is 0 Å². The molecule has 3 heteroatoms. The normalized spacial score (nSPS) is 10.5. The van der Waals surface area contributed by atoms with Gasteiger partial charge in [-0.05, 0) is 17.2 Å². The second-order valence-electron chi connectivity index (χ2n) is 3.02. The van der Waals surface area contributed by atoms with Crippen LogP contribution in [0.3, 0.4) is 0 Å². The molecule has 0 saturated carbocycles. The van der Waals surface area contributed by atoms with Crippen molar-refractivity contribution in [2.75, 3.05) is 0 Å². The molecule has 1 aromatic carbocycles. The lowest BCUT2D eigenvalue weighted by molar-refractivity contribution is 0.549. The molecule has 0 bridgehead atoms. The number of hydrogen-bond donors (Lipinski definition) is 0. The lowest BCUT2D eigenvalue weighted by atomic mass is 9.96. The van der Waals surface area contributed by atoms with Crippen LogP contribution in [0.25, 0.3) is 10.4 Å². The number of azide groups is 1. The van der Waals surface area contributed by atoms with Crippen LogP contribution in [0.5, 0.6) is 0 Å². The van der Waals surface area contributed by atoms with Gasteiger partial charge >= 0.3 is 0 Å². The smallest absolute Gasteiger partial charge is 0.0687 e. The number of nitrogens with zero attached hydrogens (tertiary/aromatic N) is 3. The van der Waals surface area contributed by atoms with Gasteiger partial charge in [0.15, 0.2) is 0 Å². The van der Waals surface area contributed by atoms with E-state index in [1.165, 1.54) is 0 Å². The third-order valence-corrected chi connectivity index (χ3v) is 1.66. The van der Waals surface area contributed by atoms with Crippen molar-refractivity contribution in [2.45, 2.75) is 19.4 Å². The molecule has 0 aliphatic heterocycles. The zero-order chi connectivity index (χ0) is 9.03. The first-order valence-electron chi connectivity index (χ1n) is 3.70. The van der Waals surface area contributed by atoms with Crippen LogP contribution in [0, 0.1) is 6.07 Å². The van der Waals surface area contributed by atoms with Gasteiger partial charge in [-0.25, -0.2) is 0 Å². The highest BCUT2D eigenvalue weighted by Crippen LogP contribution is 2.23. The summed E-state index contributed by atoms with van der Waals surface area (Å²) in [5, 5.41) is 3.68. The van der Waals surface area contributed by atoms with E-state index in [9.17, 15) is 0 Å². The Morgan fingerprint density at radius 3 is 2.75 bits per heavy atom. The van der Waals surface area contributed by atoms with Gasteiger partial charge in [0.05, 0.1) is 5.54 Å². The molecule has 1 aromatic rings. The fourth-order valence-electron chi connectivity index (χ4n) is 0.940. The lowest BCUT2D eigenvalue weighted by Crippen LogP contribution is -2.12. The van der Waals surface area contributed by atoms with Crippen molar-refractivity contribution in [3.05, 3.63) is 46.3 Å². The highest BCUT2D eigenvalue weighted by Gasteiger charge is 2.17. The Labute approximate surface area is 71.7 Å². The second-order valence-corrected chi connectivity index (χ2v) is 3.02. The SMILES string of the molecule is CC(C)(N=[N+]=[N-])c1[c]cccc1. The van der Waals surface area contributed by atoms with Gasteiger partial charge in [0.25, 0.3) is 0 Å². The average molecular weight is 160 g/mol. The largest absolute Gasteiger partial charge is 0.0831 e. The fraction of sp³-hybridized carbons (Fsp3) is 0.333. The van der Waals surface area contributed by atoms with E-state index in [0.717, 1.165) is 5.56 Å². The zero-order valence-electron chi connectivity index (χ0n) is 7.15. The summed E-state index contributed by atoms with van der Waals surface area (Å²) in [5.74, 6) is 0. The molecule has 0 fully saturated rings. The topological polar surface area (TPSA) is 48.8 Å². The van der Waals surface area contributed by atoms with Crippen LogP contribution in [0.4, 0.5) is 0 Å². The van der Waals surface area contributed by atoms with Crippen LogP contribution in [-0.4, -0.2) is 0 Å². The Morgan fingerprint density at radius 2 is 2.25 bits per heavy atom. The summed E-state index contributed by atoms with van der Waals surface area (Å²) in [5.41, 5.74) is 8.71. The molecule has 1 radical (unpaired) electrons. The van der Waals surface area contributed by atoms with E-state index in [1.54, 1.807) is 0 Å². The highest BCUT2D eigenvalue weighted by molar-refractivity contribution is 5.21. The van der Waals surface area contributed by atoms with Gasteiger partial charge < -0.3 is 0 Å². The summed E-state index contributed by atoms with van der Waals surface area (Å²) in [6.07, 6.45) is 0. The van der Waals surface area contributed by atoms with Gasteiger partial charge in [0.1, 0.15) is 0 Å². The Morgan fingerprint density at radius 1 is 1.50 bits per heavy atom. The van der Waals surface area contributed by atoms with Crippen molar-refractivity contribution in [3.63, 3.8) is 0 Å². The zero-order valence-corrected chi connectivity index (χ0v) is 7.15. The standard InChI is InChI=1S/C9H10N3/c1-9(2,11-12-10)8-6-4-3-5-7-8/h3-6H,1-2H3. The second kappa shape index (κ2) is 3.28. The maximum absolute atomic E-state index is 8.31. The summed E-state index contributed by atoms with van der Waals surface area (Å²) >= 11 is 0. The Bertz CT molecular complexity index is 297. The number of benzene rings is 1. The highest BCUT2D eigenvalue weighted by atomic mass is 15.2. The average Bonchev–Trinajstić information content (AvgIpc) is 2.06. The molecule has 0 aliphatic carbocycles. The van der Waals surface area contributed by atoms with Crippen LogP contribution in [0.1, 0.15) is 19.4 Å². The minimum atomic E-state index is -0.504. The fourth-order valence-corrected chi connectivity index (χ4v) is 0.940. The van der Waals surface area contributed by atoms with Crippen molar-refractivity contribution in [1.82, 2.24) is 0 Å². The maximum atomic E-state index is 8.31. The first kappa shape index (κ1) is 8.62. The molecule has 0 spiro atoms. The predicted molar refractivity (Wildman–Crippen MR) is 47.5 cm³/mol. The van der Waals surface area contributed by atoms with Crippen LogP contribution in [0.2, 0.25) is 0 Å². The van der Waals surface area contributed by atoms with Crippen molar-refractivity contribution < 1.29 is 0 Å². The van der Waals surface area contributed by atoms with E-state index in [-0.39, 0.29) is 0 Å². The quantitative estimate of drug-likeness (QED) is 0.362. The molecule has 12 heavy (non-hydrogen) atoms. The van der Waals surface area contributed by atoms with Crippen LogP contribution in [0.15, 0.2) is 29.4 Å². The van der Waals surface area contributed by atoms with E-state index >= 15 is 0 Å². The molecular formula is C9H10N3. The maximum Gasteiger partial charge on any atom is 0.0687 e. The van der Waals surface area contributed by atoms with Gasteiger partial charge in [0.2, 0.25) is 0 Å². The van der Waals surface area contributed by atoms with Crippen molar-refractivity contribution in [1.29, 1.82) is 0 Å². The van der Waals surface area contributed by atoms with Gasteiger partial charge in [-0.2, -0.15) is 0 Å². The minimum absolute atomic E-state index is 0.504. The minimum Gasteiger partial charge on any atom is -0.0831 e. The third-order valence-electron chi connectivity index (χ3n) is 1.66. The summed E-state index contributed by atoms with van der Waals surface area (Å²) < 4.78 is 0. The van der Waals surface area contributed by atoms with E-state index < -0.39 is 5.54 Å². The summed E-state index contributed by atoms with van der Waals surface area (Å²) in [6, 6.07) is 10.5. The first-order chi connectivity index (χ1) is 5.67. The van der Waals surface area contributed by atoms with Crippen LogP contribution < -0.4 is 0 Å². The van der Waals surface area contributed by atoms with Gasteiger partial charge in [-0.1, -0.05) is 43.2 Å². The molecule has 1 rings (SSSR count). The third kappa shape index (κ3) is 1.77. The molecule has 0 aliphatic rings. The van der Waals surface area contributed by atoms with Crippen molar-refractivity contribution in [2.24, 2.45) is 5.11 Å². The molecule has 0 amide bonds. The van der Waals surface area contributed by atoms with Gasteiger partial charge in [0, 0.05) is 4.91 Å². The molecule has 0 heterocycles. The molecule has 0 unspecified atom stereocenters. The molecule has 0 N–H and O–H groups in total. The number of rotatable bonds is 2. The van der Waals surface area contributed by atoms with E-state index in [4.69, 9.17) is 5.53 Å². The summed E-state index contributed by atoms with van der Waals surface area (Å²) in [7, 11) is 0. The van der Waals surface area contributed by atoms with Crippen LogP contribution in [-0.2, 0) is 5.54 Å².